The molecule has 7 amide bonds. The fourth-order valence-corrected chi connectivity index (χ4v) is 17.3. The standard InChI is InChI=1S/C24H22ClFN6O4.C20H18BrClFN3O4.C19H14ClFN6O2.C14H16FNO3.C6H4BrClN2O2.C4H5N3.5CH4/c1-23(2,3)36-22(35)31-10-13-4-5-14(26)8-15(13)24(11-31)30-20(33)19-16(25)9-17(21(34)32(19)24)29-18-6-7-27-12-28-18;1-19(2,3)30-18(29)25-8-10-4-5-11(23)6-12(10)20(9-25)24-16(27)15-14(22)7-13(21)17(28)26(15)20;20-13-6-14(25-15-3-4-22-9-24-15)18(29)27-16(13)17(28)26-19(27)8-23-7-10-1-2-11(21)5-12(10)19;1-14(2,3)19-13(18)16-7-9-4-5-10(15)6-11(9)12(17)8-16;7-2-1-3(8)4(5(9)11)10-6(2)12;5-4-1-2-6-3-7-4;;;;;/h4-9,12H,10-11H2,1-3H3,(H,30,33)(H,27,28,29);4-7H,8-9H2,1-3H3,(H,24,27);1-6,9,23H,7-8H2,(H,26,28)(H,22,24,25);4-6H,7-8H2,1-3H3;1H,(H2,9,11)(H,10,12);1-3H,(H2,5,6,7);5*1H4. The number of Topliss-reactive ketones (excluding diaryl/α,β-unsaturated/α-hetero) is 1. The van der Waals surface area contributed by atoms with Gasteiger partial charge in [-0.05, 0) is 207 Å². The number of carbonyl (C=O) groups is 8. The number of nitrogens with one attached hydrogen (secondary N) is 7. The van der Waals surface area contributed by atoms with Gasteiger partial charge in [-0.1, -0.05) is 108 Å². The van der Waals surface area contributed by atoms with Crippen LogP contribution in [0.25, 0.3) is 0 Å². The lowest BCUT2D eigenvalue weighted by Crippen LogP contribution is -2.59. The molecule has 7 aliphatic heterocycles. The third-order valence-corrected chi connectivity index (χ3v) is 22.8. The maximum Gasteiger partial charge on any atom is 0.411 e. The zero-order chi connectivity index (χ0) is 96.6. The van der Waals surface area contributed by atoms with Crippen molar-refractivity contribution in [2.24, 2.45) is 5.73 Å². The smallest absolute Gasteiger partial charge is 0.411 e. The van der Waals surface area contributed by atoms with E-state index in [0.717, 1.165) is 5.56 Å². The van der Waals surface area contributed by atoms with Gasteiger partial charge in [0.05, 0.1) is 55.2 Å². The first-order chi connectivity index (χ1) is 62.6. The van der Waals surface area contributed by atoms with Crippen LogP contribution in [-0.4, -0.2) is 154 Å². The zero-order valence-electron chi connectivity index (χ0n) is 71.5. The van der Waals surface area contributed by atoms with Crippen LogP contribution in [0.3, 0.4) is 0 Å². The number of hydrogen-bond acceptors (Lipinski definition) is 25. The summed E-state index contributed by atoms with van der Waals surface area (Å²) in [6, 6.07) is 26.6. The van der Waals surface area contributed by atoms with E-state index in [4.69, 9.17) is 72.1 Å². The summed E-state index contributed by atoms with van der Waals surface area (Å²) >= 11 is 30.8. The maximum atomic E-state index is 14.5. The van der Waals surface area contributed by atoms with Gasteiger partial charge in [-0.2, -0.15) is 0 Å². The van der Waals surface area contributed by atoms with Crippen LogP contribution in [0.4, 0.5) is 60.8 Å². The van der Waals surface area contributed by atoms with Gasteiger partial charge in [0, 0.05) is 67.0 Å². The minimum absolute atomic E-state index is 0. The van der Waals surface area contributed by atoms with Crippen LogP contribution >= 0.6 is 78.3 Å². The Kier molecular flexibility index (Phi) is 34.6. The molecule has 7 aliphatic rings. The van der Waals surface area contributed by atoms with Crippen molar-refractivity contribution in [3.8, 4) is 0 Å². The molecule has 732 valence electrons. The van der Waals surface area contributed by atoms with E-state index in [2.05, 4.69) is 98.6 Å². The van der Waals surface area contributed by atoms with E-state index in [1.807, 2.05) is 0 Å². The Morgan fingerprint density at radius 1 is 0.449 bits per heavy atom. The molecule has 0 saturated heterocycles. The summed E-state index contributed by atoms with van der Waals surface area (Å²) in [6.07, 6.45) is 6.88. The molecule has 138 heavy (non-hydrogen) atoms. The van der Waals surface area contributed by atoms with Crippen molar-refractivity contribution in [1.29, 1.82) is 0 Å². The van der Waals surface area contributed by atoms with Crippen molar-refractivity contribution in [2.75, 3.05) is 42.5 Å². The van der Waals surface area contributed by atoms with Crippen LogP contribution in [-0.2, 0) is 57.4 Å². The number of pyridine rings is 4. The second kappa shape index (κ2) is 43.4. The molecule has 0 aliphatic carbocycles. The molecule has 18 rings (SSSR count). The minimum Gasteiger partial charge on any atom is -0.444 e. The average Bonchev–Trinajstić information content (AvgIpc) is 1.55. The molecule has 36 nitrogen and oxygen atoms in total. The summed E-state index contributed by atoms with van der Waals surface area (Å²) in [5.41, 5.74) is 5.59. The van der Waals surface area contributed by atoms with Crippen LogP contribution in [0.2, 0.25) is 20.1 Å². The Morgan fingerprint density at radius 2 is 0.819 bits per heavy atom. The molecular weight excluding hydrogens is 2020 g/mol. The number of halogens is 10. The van der Waals surface area contributed by atoms with Crippen LogP contribution < -0.4 is 65.6 Å². The summed E-state index contributed by atoms with van der Waals surface area (Å²) in [6.45, 7) is 16.5. The van der Waals surface area contributed by atoms with Crippen molar-refractivity contribution >= 4 is 155 Å². The molecule has 14 heterocycles. The molecule has 0 saturated carbocycles. The molecule has 3 atom stereocenters. The Morgan fingerprint density at radius 3 is 1.22 bits per heavy atom. The number of hydrogen-bond donors (Lipinski definition) is 9. The summed E-state index contributed by atoms with van der Waals surface area (Å²) in [5.74, 6) is -3.51. The number of fused-ring (bicyclic) bond motifs is 13. The number of ketones is 1. The average molecular weight is 2120 g/mol. The van der Waals surface area contributed by atoms with E-state index in [0.29, 0.717) is 62.9 Å². The monoisotopic (exact) mass is 2110 g/mol. The summed E-state index contributed by atoms with van der Waals surface area (Å²) in [4.78, 5) is 180. The maximum absolute atomic E-state index is 14.5. The molecule has 4 aromatic carbocycles. The number of primary amides is 1. The molecule has 0 radical (unpaired) electrons. The second-order valence-corrected chi connectivity index (χ2v) is 36.7. The van der Waals surface area contributed by atoms with Crippen molar-refractivity contribution in [2.45, 2.75) is 159 Å². The molecular formula is C92H99Br2Cl4F4N21O15. The van der Waals surface area contributed by atoms with Crippen molar-refractivity contribution < 1.29 is 70.1 Å². The minimum atomic E-state index is -1.62. The van der Waals surface area contributed by atoms with Crippen LogP contribution in [0, 0.1) is 23.3 Å². The molecule has 3 spiro atoms. The quantitative estimate of drug-likeness (QED) is 0.0571. The molecule has 46 heteroatoms. The first kappa shape index (κ1) is 110. The van der Waals surface area contributed by atoms with Gasteiger partial charge in [-0.15, -0.1) is 0 Å². The summed E-state index contributed by atoms with van der Waals surface area (Å²) < 4.78 is 76.2. The highest BCUT2D eigenvalue weighted by Crippen LogP contribution is 2.44. The van der Waals surface area contributed by atoms with Gasteiger partial charge < -0.3 is 62.6 Å². The third kappa shape index (κ3) is 23.5. The molecule has 11 N–H and O–H groups in total. The first-order valence-electron chi connectivity index (χ1n) is 39.9. The van der Waals surface area contributed by atoms with Crippen molar-refractivity contribution in [3.05, 3.63) is 314 Å². The van der Waals surface area contributed by atoms with Gasteiger partial charge >= 0.3 is 18.3 Å². The lowest BCUT2D eigenvalue weighted by Gasteiger charge is -2.42. The van der Waals surface area contributed by atoms with E-state index in [1.54, 1.807) is 92.8 Å². The first-order valence-corrected chi connectivity index (χ1v) is 43.0. The Hall–Kier alpha value is -13.5. The zero-order valence-corrected chi connectivity index (χ0v) is 77.7. The highest BCUT2D eigenvalue weighted by atomic mass is 79.9. The Balaban J connectivity index is 0.000000212. The fraction of sp³-hybridized carbons (Fsp3) is 0.304. The van der Waals surface area contributed by atoms with E-state index < -0.39 is 121 Å². The summed E-state index contributed by atoms with van der Waals surface area (Å²) in [5, 5.41) is 17.7. The van der Waals surface area contributed by atoms with Gasteiger partial charge in [0.15, 0.2) is 22.8 Å². The SMILES string of the molecule is C.C.C.C.C.CC(C)(C)OC(=O)N1CC(=O)c2cc(F)ccc2C1.CC(C)(C)OC(=O)N1Cc2ccc(F)cc2C2(C1)NC(=O)c1c(Cl)cc(Br)c(=O)n12.CC(C)(C)OC(=O)N1Cc2ccc(F)cc2C2(C1)NC(=O)c1c(Cl)cc(Nc3ccncn3)c(=O)n12.NC(=O)c1[nH]c(=O)c(Br)cc1Cl.Nc1ccncn1.O=C1NC2(CNCc3ccc(F)cc32)n2c1c(Cl)cc(Nc1ccncn1)c2=O. The number of anilines is 5. The van der Waals surface area contributed by atoms with Gasteiger partial charge in [-0.3, -0.25) is 71.6 Å². The van der Waals surface area contributed by atoms with Crippen LogP contribution in [0.1, 0.15) is 191 Å². The highest BCUT2D eigenvalue weighted by molar-refractivity contribution is 9.10. The van der Waals surface area contributed by atoms with E-state index in [9.17, 15) is 75.1 Å². The van der Waals surface area contributed by atoms with Gasteiger partial charge in [0.1, 0.15) is 111 Å². The number of nitrogens with two attached hydrogens (primary N) is 2. The highest BCUT2D eigenvalue weighted by Gasteiger charge is 2.55. The van der Waals surface area contributed by atoms with Crippen LogP contribution in [0.15, 0.2) is 181 Å². The summed E-state index contributed by atoms with van der Waals surface area (Å²) in [7, 11) is 0. The molecule has 0 fully saturated rings. The molecule has 11 aromatic rings. The predicted octanol–water partition coefficient (Wildman–Crippen LogP) is 15.6. The number of nitrogens with zero attached hydrogens (tertiary/aromatic N) is 12. The van der Waals surface area contributed by atoms with Crippen LogP contribution in [0.5, 0.6) is 0 Å². The van der Waals surface area contributed by atoms with Gasteiger partial charge in [-0.25, -0.2) is 61.8 Å². The lowest BCUT2D eigenvalue weighted by molar-refractivity contribution is 0.0115. The topological polar surface area (TPSA) is 474 Å². The number of aromatic nitrogens is 10. The number of amides is 7. The fourth-order valence-electron chi connectivity index (χ4n) is 15.2. The van der Waals surface area contributed by atoms with Gasteiger partial charge in [0.2, 0.25) is 0 Å². The number of H-pyrrole nitrogens is 1. The number of aromatic amines is 1. The van der Waals surface area contributed by atoms with Crippen molar-refractivity contribution in [1.82, 2.24) is 84.6 Å². The molecule has 3 unspecified atom stereocenters. The van der Waals surface area contributed by atoms with E-state index in [1.165, 1.54) is 151 Å². The van der Waals surface area contributed by atoms with E-state index in [-0.39, 0.29) is 152 Å². The number of benzene rings is 4. The molecule has 7 aromatic heterocycles. The molecule has 0 bridgehead atoms. The number of nitrogen functional groups attached to an aromatic ring is 1. The number of carbonyl (C=O) groups excluding carboxylic acids is 8. The number of ether oxygens (including phenoxy) is 3. The largest absolute Gasteiger partial charge is 0.444 e. The normalized spacial score (nSPS) is 16.7. The Labute approximate surface area is 825 Å². The van der Waals surface area contributed by atoms with Crippen molar-refractivity contribution in [3.63, 3.8) is 0 Å². The van der Waals surface area contributed by atoms with E-state index >= 15 is 0 Å². The number of rotatable bonds is 5. The Bertz CT molecular complexity index is 6820. The predicted molar refractivity (Wildman–Crippen MR) is 519 cm³/mol. The third-order valence-electron chi connectivity index (χ3n) is 20.5. The second-order valence-electron chi connectivity index (χ2n) is 33.4. The lowest BCUT2D eigenvalue weighted by atomic mass is 9.89. The van der Waals surface area contributed by atoms with Gasteiger partial charge in [0.25, 0.3) is 45.9 Å².